The average molecular weight is 506 g/mol. The Bertz CT molecular complexity index is 1570. The number of amides is 2. The number of nitrogens with zero attached hydrogens (tertiary/aromatic N) is 1. The fourth-order valence-electron chi connectivity index (χ4n) is 6.04. The van der Waals surface area contributed by atoms with Crippen LogP contribution in [-0.4, -0.2) is 40.6 Å². The summed E-state index contributed by atoms with van der Waals surface area (Å²) in [5.74, 6) is -2.17. The van der Waals surface area contributed by atoms with Crippen LogP contribution in [0.5, 0.6) is 0 Å². The number of hydrogen-bond acceptors (Lipinski definition) is 6. The Balaban J connectivity index is 1.15. The molecule has 7 nitrogen and oxygen atoms in total. The van der Waals surface area contributed by atoms with E-state index >= 15 is 0 Å². The Hall–Kier alpha value is -4.36. The van der Waals surface area contributed by atoms with Crippen LogP contribution in [0.1, 0.15) is 77.9 Å². The van der Waals surface area contributed by atoms with Crippen LogP contribution >= 0.6 is 0 Å². The highest BCUT2D eigenvalue weighted by atomic mass is 16.7. The van der Waals surface area contributed by atoms with Gasteiger partial charge < -0.3 is 9.47 Å². The van der Waals surface area contributed by atoms with Gasteiger partial charge in [-0.3, -0.25) is 24.1 Å². The van der Waals surface area contributed by atoms with Crippen molar-refractivity contribution in [3.8, 4) is 0 Å². The first-order chi connectivity index (χ1) is 18.5. The van der Waals surface area contributed by atoms with Gasteiger partial charge in [-0.05, 0) is 36.1 Å². The molecular weight excluding hydrogens is 482 g/mol. The molecule has 0 spiro atoms. The van der Waals surface area contributed by atoms with Crippen molar-refractivity contribution < 1.29 is 28.7 Å². The second-order valence-corrected chi connectivity index (χ2v) is 10.1. The summed E-state index contributed by atoms with van der Waals surface area (Å²) < 4.78 is 12.9. The summed E-state index contributed by atoms with van der Waals surface area (Å²) in [7, 11) is 0. The zero-order valence-corrected chi connectivity index (χ0v) is 20.4. The molecule has 1 aliphatic carbocycles. The first kappa shape index (κ1) is 22.8. The maximum atomic E-state index is 13.5. The van der Waals surface area contributed by atoms with Gasteiger partial charge >= 0.3 is 0 Å². The van der Waals surface area contributed by atoms with Crippen molar-refractivity contribution >= 4 is 23.4 Å². The number of imide groups is 1. The molecule has 0 unspecified atom stereocenters. The number of hydrogen-bond donors (Lipinski definition) is 0. The Morgan fingerprint density at radius 3 is 2.05 bits per heavy atom. The number of rotatable bonds is 5. The minimum absolute atomic E-state index is 0.0693. The molecule has 3 aromatic carbocycles. The Morgan fingerprint density at radius 1 is 0.737 bits per heavy atom. The summed E-state index contributed by atoms with van der Waals surface area (Å²) in [6.45, 7) is 0.279. The zero-order valence-electron chi connectivity index (χ0n) is 20.4. The van der Waals surface area contributed by atoms with Crippen molar-refractivity contribution in [3.05, 3.63) is 118 Å². The summed E-state index contributed by atoms with van der Waals surface area (Å²) in [6.07, 6.45) is 1.29. The molecule has 3 aliphatic heterocycles. The number of ketones is 2. The summed E-state index contributed by atoms with van der Waals surface area (Å²) >= 11 is 0. The maximum Gasteiger partial charge on any atom is 0.261 e. The summed E-state index contributed by atoms with van der Waals surface area (Å²) in [5, 5.41) is 0. The van der Waals surface area contributed by atoms with Crippen molar-refractivity contribution in [3.63, 3.8) is 0 Å². The third kappa shape index (κ3) is 3.25. The number of fused-ring (bicyclic) bond motifs is 7. The predicted molar refractivity (Wildman–Crippen MR) is 136 cm³/mol. The number of carbonyl (C=O) groups excluding carboxylic acids is 4. The fourth-order valence-corrected chi connectivity index (χ4v) is 6.04. The van der Waals surface area contributed by atoms with E-state index in [1.165, 1.54) is 4.90 Å². The van der Waals surface area contributed by atoms with Gasteiger partial charge in [0.25, 0.3) is 11.8 Å². The molecular formula is C31H23NO6. The van der Waals surface area contributed by atoms with E-state index in [4.69, 9.17) is 9.47 Å². The molecule has 7 rings (SSSR count). The third-order valence-corrected chi connectivity index (χ3v) is 7.86. The number of unbranched alkanes of at least 4 members (excludes halogenated alkanes) is 1. The normalized spacial score (nSPS) is 23.1. The standard InChI is InChI=1S/C31H23NO6/c33-25-20-11-3-4-12-21(20)26(34)28-24(25)27-19-10-2-1-9-18(19)17-31(37-27,38-28)15-7-8-16-32-29(35)22-13-5-6-14-23(22)30(32)36/h1-6,9-14,27H,7-8,15-17H2/t27-,31-/m0/s1. The number of carbonyl (C=O) groups is 4. The molecule has 7 heteroatoms. The highest BCUT2D eigenvalue weighted by molar-refractivity contribution is 6.26. The molecule has 0 saturated heterocycles. The van der Waals surface area contributed by atoms with Gasteiger partial charge in [-0.15, -0.1) is 0 Å². The molecule has 0 aromatic heterocycles. The Labute approximate surface area is 218 Å². The van der Waals surface area contributed by atoms with Crippen LogP contribution in [-0.2, 0) is 15.9 Å². The molecule has 2 atom stereocenters. The lowest BCUT2D eigenvalue weighted by Gasteiger charge is -2.47. The van der Waals surface area contributed by atoms with E-state index < -0.39 is 11.9 Å². The number of allylic oxidation sites excluding steroid dienone is 1. The van der Waals surface area contributed by atoms with Crippen LogP contribution in [0.4, 0.5) is 0 Å². The largest absolute Gasteiger partial charge is 0.457 e. The van der Waals surface area contributed by atoms with Gasteiger partial charge in [-0.25, -0.2) is 0 Å². The highest BCUT2D eigenvalue weighted by Gasteiger charge is 2.53. The summed E-state index contributed by atoms with van der Waals surface area (Å²) in [6, 6.07) is 21.4. The average Bonchev–Trinajstić information content (AvgIpc) is 3.19. The molecule has 0 N–H and O–H groups in total. The molecule has 38 heavy (non-hydrogen) atoms. The number of ether oxygens (including phenoxy) is 2. The van der Waals surface area contributed by atoms with Crippen LogP contribution in [0, 0.1) is 0 Å². The van der Waals surface area contributed by atoms with E-state index in [1.807, 2.05) is 24.3 Å². The lowest BCUT2D eigenvalue weighted by Crippen LogP contribution is -2.49. The van der Waals surface area contributed by atoms with E-state index in [2.05, 4.69) is 0 Å². The van der Waals surface area contributed by atoms with Gasteiger partial charge in [0.15, 0.2) is 11.5 Å². The highest BCUT2D eigenvalue weighted by Crippen LogP contribution is 2.51. The van der Waals surface area contributed by atoms with Gasteiger partial charge in [0, 0.05) is 30.5 Å². The van der Waals surface area contributed by atoms with Gasteiger partial charge in [-0.1, -0.05) is 60.7 Å². The minimum atomic E-state index is -1.12. The van der Waals surface area contributed by atoms with Crippen LogP contribution in [0.3, 0.4) is 0 Å². The maximum absolute atomic E-state index is 13.5. The van der Waals surface area contributed by atoms with E-state index in [9.17, 15) is 19.2 Å². The van der Waals surface area contributed by atoms with Crippen molar-refractivity contribution in [1.29, 1.82) is 0 Å². The smallest absolute Gasteiger partial charge is 0.261 e. The van der Waals surface area contributed by atoms with Crippen molar-refractivity contribution in [2.75, 3.05) is 6.54 Å². The van der Waals surface area contributed by atoms with Gasteiger partial charge in [0.1, 0.15) is 6.10 Å². The van der Waals surface area contributed by atoms with Crippen molar-refractivity contribution in [1.82, 2.24) is 4.90 Å². The summed E-state index contributed by atoms with van der Waals surface area (Å²) in [5.41, 5.74) is 3.69. The number of Topliss-reactive ketones (excluding diaryl/α,β-unsaturated/α-hetero) is 2. The molecule has 0 saturated carbocycles. The minimum Gasteiger partial charge on any atom is -0.457 e. The lowest BCUT2D eigenvalue weighted by atomic mass is 9.78. The first-order valence-corrected chi connectivity index (χ1v) is 12.8. The Morgan fingerprint density at radius 2 is 1.34 bits per heavy atom. The van der Waals surface area contributed by atoms with E-state index in [0.717, 1.165) is 11.1 Å². The molecule has 3 aromatic rings. The molecule has 0 fully saturated rings. The lowest BCUT2D eigenvalue weighted by molar-refractivity contribution is -0.258. The quantitative estimate of drug-likeness (QED) is 0.365. The van der Waals surface area contributed by atoms with Crippen LogP contribution in [0.25, 0.3) is 0 Å². The van der Waals surface area contributed by atoms with Gasteiger partial charge in [-0.2, -0.15) is 0 Å². The fraction of sp³-hybridized carbons (Fsp3) is 0.226. The third-order valence-electron chi connectivity index (χ3n) is 7.86. The molecule has 2 amide bonds. The van der Waals surface area contributed by atoms with Gasteiger partial charge in [0.05, 0.1) is 16.7 Å². The zero-order chi connectivity index (χ0) is 26.0. The molecule has 0 radical (unpaired) electrons. The van der Waals surface area contributed by atoms with Crippen LogP contribution in [0.2, 0.25) is 0 Å². The first-order valence-electron chi connectivity index (χ1n) is 12.8. The topological polar surface area (TPSA) is 90.0 Å². The van der Waals surface area contributed by atoms with Crippen molar-refractivity contribution in [2.45, 2.75) is 37.6 Å². The predicted octanol–water partition coefficient (Wildman–Crippen LogP) is 4.83. The van der Waals surface area contributed by atoms with Crippen LogP contribution in [0.15, 0.2) is 84.1 Å². The molecule has 188 valence electrons. The molecule has 4 aliphatic rings. The SMILES string of the molecule is O=C1C2=C(C(=O)c3ccccc31)[C@H]1O[C@](CCCCN3C(=O)c4ccccc4C3=O)(Cc3ccccc31)O2. The Kier molecular flexibility index (Phi) is 5.00. The second-order valence-electron chi connectivity index (χ2n) is 10.1. The molecule has 2 bridgehead atoms. The van der Waals surface area contributed by atoms with Gasteiger partial charge in [0.2, 0.25) is 11.6 Å². The summed E-state index contributed by atoms with van der Waals surface area (Å²) in [4.78, 5) is 53.7. The van der Waals surface area contributed by atoms with Crippen LogP contribution < -0.4 is 0 Å². The van der Waals surface area contributed by atoms with Crippen molar-refractivity contribution in [2.24, 2.45) is 0 Å². The number of benzene rings is 3. The van der Waals surface area contributed by atoms with E-state index in [0.29, 0.717) is 47.9 Å². The monoisotopic (exact) mass is 505 g/mol. The van der Waals surface area contributed by atoms with E-state index in [-0.39, 0.29) is 41.3 Å². The molecule has 3 heterocycles. The van der Waals surface area contributed by atoms with E-state index in [1.54, 1.807) is 48.5 Å². The second kappa shape index (κ2) is 8.33.